The lowest BCUT2D eigenvalue weighted by Crippen LogP contribution is -2.78. The zero-order valence-electron chi connectivity index (χ0n) is 7.91. The van der Waals surface area contributed by atoms with Gasteiger partial charge in [-0.05, 0) is 0 Å². The van der Waals surface area contributed by atoms with Gasteiger partial charge in [0.1, 0.15) is 24.3 Å². The first-order chi connectivity index (χ1) is 7.27. The van der Waals surface area contributed by atoms with Gasteiger partial charge in [0, 0.05) is 0 Å². The number of rotatable bonds is 2. The normalized spacial score (nSPS) is 15.9. The molecule has 0 atom stereocenters. The van der Waals surface area contributed by atoms with Crippen LogP contribution >= 0.6 is 0 Å². The lowest BCUT2D eigenvalue weighted by molar-refractivity contribution is -0.584. The van der Waals surface area contributed by atoms with Gasteiger partial charge in [-0.1, -0.05) is 0 Å². The third-order valence-electron chi connectivity index (χ3n) is 1.98. The summed E-state index contributed by atoms with van der Waals surface area (Å²) >= 11 is 0. The molecule has 7 heteroatoms. The predicted octanol–water partition coefficient (Wildman–Crippen LogP) is -0.762. The summed E-state index contributed by atoms with van der Waals surface area (Å²) in [5, 5.41) is 16.3. The van der Waals surface area contributed by atoms with E-state index in [4.69, 9.17) is 0 Å². The summed E-state index contributed by atoms with van der Waals surface area (Å²) in [7, 11) is 0. The van der Waals surface area contributed by atoms with Crippen molar-refractivity contribution in [1.82, 2.24) is 9.78 Å². The van der Waals surface area contributed by atoms with Gasteiger partial charge in [0.15, 0.2) is 0 Å². The van der Waals surface area contributed by atoms with Crippen LogP contribution in [0.1, 0.15) is 0 Å². The predicted molar refractivity (Wildman–Crippen MR) is 53.3 cm³/mol. The van der Waals surface area contributed by atoms with Gasteiger partial charge in [-0.15, -0.1) is 0 Å². The van der Waals surface area contributed by atoms with Crippen LogP contribution < -0.4 is 5.32 Å². The summed E-state index contributed by atoms with van der Waals surface area (Å²) in [5.41, 5.74) is 0.717. The van der Waals surface area contributed by atoms with E-state index in [1.54, 1.807) is 6.21 Å². The van der Waals surface area contributed by atoms with Gasteiger partial charge in [-0.2, -0.15) is 5.10 Å². The minimum atomic E-state index is -0.471. The van der Waals surface area contributed by atoms with Gasteiger partial charge < -0.3 is 5.32 Å². The Labute approximate surface area is 85.3 Å². The molecule has 0 bridgehead atoms. The molecule has 0 amide bonds. The number of quaternary nitrogens is 1. The largest absolute Gasteiger partial charge is 0.317 e. The second-order valence-corrected chi connectivity index (χ2v) is 3.05. The number of nitrogens with two attached hydrogens (primary N) is 1. The van der Waals surface area contributed by atoms with E-state index in [1.807, 2.05) is 11.5 Å². The summed E-state index contributed by atoms with van der Waals surface area (Å²) in [4.78, 5) is 14.1. The molecule has 1 aromatic heterocycles. The van der Waals surface area contributed by atoms with Crippen LogP contribution in [0.3, 0.4) is 0 Å². The number of nitro groups is 1. The first-order valence-electron chi connectivity index (χ1n) is 4.50. The molecular formula is C8H10N5O2+. The van der Waals surface area contributed by atoms with Crippen molar-refractivity contribution in [1.29, 1.82) is 0 Å². The van der Waals surface area contributed by atoms with Crippen molar-refractivity contribution in [2.24, 2.45) is 4.99 Å². The molecule has 1 aliphatic heterocycles. The fourth-order valence-corrected chi connectivity index (χ4v) is 1.24. The quantitative estimate of drug-likeness (QED) is 0.511. The maximum atomic E-state index is 10.5. The van der Waals surface area contributed by atoms with Crippen LogP contribution in [-0.2, 0) is 0 Å². The molecule has 0 fully saturated rings. The van der Waals surface area contributed by atoms with Crippen LogP contribution in [0.5, 0.6) is 0 Å². The Morgan fingerprint density at radius 2 is 2.47 bits per heavy atom. The van der Waals surface area contributed by atoms with Crippen LogP contribution in [0.4, 0.5) is 5.69 Å². The van der Waals surface area contributed by atoms with E-state index >= 15 is 0 Å². The highest BCUT2D eigenvalue weighted by molar-refractivity contribution is 6.01. The third-order valence-corrected chi connectivity index (χ3v) is 1.98. The van der Waals surface area contributed by atoms with Crippen LogP contribution in [-0.4, -0.2) is 34.0 Å². The van der Waals surface area contributed by atoms with Crippen molar-refractivity contribution in [3.8, 4) is 0 Å². The lowest BCUT2D eigenvalue weighted by Gasteiger charge is -1.95. The number of allylic oxidation sites excluding steroid dienone is 1. The van der Waals surface area contributed by atoms with Crippen LogP contribution in [0.25, 0.3) is 5.70 Å². The summed E-state index contributed by atoms with van der Waals surface area (Å²) in [6.07, 6.45) is 6.12. The van der Waals surface area contributed by atoms with E-state index in [0.29, 0.717) is 0 Å². The molecular weight excluding hydrogens is 198 g/mol. The summed E-state index contributed by atoms with van der Waals surface area (Å²) < 4.78 is 1.45. The Hall–Kier alpha value is -2.02. The highest BCUT2D eigenvalue weighted by Crippen LogP contribution is 2.10. The molecule has 0 saturated carbocycles. The third kappa shape index (κ3) is 2.08. The Kier molecular flexibility index (Phi) is 2.55. The van der Waals surface area contributed by atoms with E-state index < -0.39 is 4.92 Å². The van der Waals surface area contributed by atoms with Crippen molar-refractivity contribution in [3.05, 3.63) is 28.7 Å². The molecule has 15 heavy (non-hydrogen) atoms. The van der Waals surface area contributed by atoms with Gasteiger partial charge >= 0.3 is 5.69 Å². The zero-order valence-corrected chi connectivity index (χ0v) is 7.91. The number of aliphatic imine (C=N–C) groups is 1. The van der Waals surface area contributed by atoms with Crippen molar-refractivity contribution < 1.29 is 10.2 Å². The van der Waals surface area contributed by atoms with E-state index in [9.17, 15) is 10.1 Å². The van der Waals surface area contributed by atoms with Crippen LogP contribution in [0, 0.1) is 10.1 Å². The highest BCUT2D eigenvalue weighted by atomic mass is 16.6. The van der Waals surface area contributed by atoms with Gasteiger partial charge in [-0.25, -0.2) is 4.68 Å². The van der Waals surface area contributed by atoms with Gasteiger partial charge in [0.05, 0.1) is 24.2 Å². The minimum absolute atomic E-state index is 0.0199. The van der Waals surface area contributed by atoms with Crippen molar-refractivity contribution in [3.63, 3.8) is 0 Å². The second-order valence-electron chi connectivity index (χ2n) is 3.05. The molecule has 0 spiro atoms. The Morgan fingerprint density at radius 1 is 1.60 bits per heavy atom. The zero-order chi connectivity index (χ0) is 10.7. The van der Waals surface area contributed by atoms with Crippen LogP contribution in [0.2, 0.25) is 0 Å². The molecule has 2 rings (SSSR count). The lowest BCUT2D eigenvalue weighted by atomic mass is 10.5. The van der Waals surface area contributed by atoms with Gasteiger partial charge in [-0.3, -0.25) is 15.1 Å². The second kappa shape index (κ2) is 4.01. The van der Waals surface area contributed by atoms with Gasteiger partial charge in [0.2, 0.25) is 0 Å². The minimum Gasteiger partial charge on any atom is -0.317 e. The van der Waals surface area contributed by atoms with E-state index in [2.05, 4.69) is 10.1 Å². The first-order valence-corrected chi connectivity index (χ1v) is 4.50. The smallest absolute Gasteiger partial charge is 0.307 e. The van der Waals surface area contributed by atoms with Crippen LogP contribution in [0.15, 0.2) is 23.6 Å². The van der Waals surface area contributed by atoms with Crippen molar-refractivity contribution in [2.45, 2.75) is 0 Å². The maximum absolute atomic E-state index is 10.5. The average molecular weight is 208 g/mol. The molecule has 0 unspecified atom stereocenters. The molecule has 0 aromatic carbocycles. The summed E-state index contributed by atoms with van der Waals surface area (Å²) in [5.74, 6) is 0. The summed E-state index contributed by atoms with van der Waals surface area (Å²) in [6.45, 7) is 1.62. The molecule has 1 aliphatic rings. The molecule has 1 aromatic rings. The Balaban J connectivity index is 2.28. The number of aromatic nitrogens is 2. The fraction of sp³-hybridized carbons (Fsp3) is 0.250. The van der Waals surface area contributed by atoms with E-state index in [0.717, 1.165) is 18.8 Å². The first kappa shape index (κ1) is 9.53. The number of nitrogens with zero attached hydrogens (tertiary/aromatic N) is 4. The Morgan fingerprint density at radius 3 is 3.20 bits per heavy atom. The average Bonchev–Trinajstić information content (AvgIpc) is 2.55. The molecule has 2 heterocycles. The number of hydrogen-bond donors (Lipinski definition) is 1. The molecule has 7 nitrogen and oxygen atoms in total. The molecule has 0 saturated heterocycles. The SMILES string of the molecule is O=[N+]([O-])c1cnn(C2=C[NH2+]CCN=C2)c1. The van der Waals surface area contributed by atoms with Crippen molar-refractivity contribution >= 4 is 17.6 Å². The number of hydrogen-bond acceptors (Lipinski definition) is 4. The molecule has 0 aliphatic carbocycles. The molecule has 2 N–H and O–H groups in total. The van der Waals surface area contributed by atoms with Crippen molar-refractivity contribution in [2.75, 3.05) is 13.1 Å². The standard InChI is InChI=1S/C8H9N5O2/c14-13(15)8-5-11-12(6-8)7-3-9-1-2-10-4-7/h3-6,9H,1-2H2/p+1. The maximum Gasteiger partial charge on any atom is 0.307 e. The molecule has 78 valence electrons. The van der Waals surface area contributed by atoms with E-state index in [-0.39, 0.29) is 5.69 Å². The van der Waals surface area contributed by atoms with Gasteiger partial charge in [0.25, 0.3) is 0 Å². The fourth-order valence-electron chi connectivity index (χ4n) is 1.24. The monoisotopic (exact) mass is 208 g/mol. The topological polar surface area (TPSA) is 89.9 Å². The molecule has 0 radical (unpaired) electrons. The summed E-state index contributed by atoms with van der Waals surface area (Å²) in [6, 6.07) is 0. The Bertz CT molecular complexity index is 434. The van der Waals surface area contributed by atoms with E-state index in [1.165, 1.54) is 17.1 Å². The highest BCUT2D eigenvalue weighted by Gasteiger charge is 2.11.